The van der Waals surface area contributed by atoms with Crippen molar-refractivity contribution in [2.75, 3.05) is 26.2 Å². The summed E-state index contributed by atoms with van der Waals surface area (Å²) < 4.78 is 6.66. The van der Waals surface area contributed by atoms with Gasteiger partial charge in [-0.3, -0.25) is 4.79 Å². The number of halogens is 1. The van der Waals surface area contributed by atoms with Crippen molar-refractivity contribution in [3.8, 4) is 5.75 Å². The van der Waals surface area contributed by atoms with Crippen LogP contribution in [-0.4, -0.2) is 43.1 Å². The lowest BCUT2D eigenvalue weighted by Crippen LogP contribution is -2.40. The van der Waals surface area contributed by atoms with Gasteiger partial charge >= 0.3 is 0 Å². The van der Waals surface area contributed by atoms with Crippen LogP contribution in [0.15, 0.2) is 28.7 Å². The first-order valence-corrected chi connectivity index (χ1v) is 7.85. The Morgan fingerprint density at radius 2 is 2.00 bits per heavy atom. The zero-order chi connectivity index (χ0) is 14.1. The fraction of sp³-hybridized carbons (Fsp3) is 0.533. The molecule has 2 saturated heterocycles. The van der Waals surface area contributed by atoms with E-state index in [4.69, 9.17) is 4.74 Å². The fourth-order valence-corrected chi connectivity index (χ4v) is 3.45. The minimum absolute atomic E-state index is 0.0927. The van der Waals surface area contributed by atoms with Crippen molar-refractivity contribution in [2.45, 2.75) is 13.0 Å². The summed E-state index contributed by atoms with van der Waals surface area (Å²) >= 11 is 3.44. The maximum absolute atomic E-state index is 12.5. The Kier molecular flexibility index (Phi) is 3.98. The van der Waals surface area contributed by atoms with E-state index in [1.807, 2.05) is 36.1 Å². The highest BCUT2D eigenvalue weighted by Gasteiger charge is 2.39. The third kappa shape index (κ3) is 2.69. The molecule has 3 atom stereocenters. The Labute approximate surface area is 127 Å². The molecule has 0 aromatic heterocycles. The molecule has 2 heterocycles. The molecule has 0 aliphatic carbocycles. The summed E-state index contributed by atoms with van der Waals surface area (Å²) in [7, 11) is 0. The molecule has 2 aliphatic heterocycles. The normalized spacial score (nSPS) is 26.4. The maximum Gasteiger partial charge on any atom is 0.263 e. The molecule has 108 valence electrons. The second-order valence-corrected chi connectivity index (χ2v) is 6.47. The number of nitrogens with one attached hydrogen (secondary N) is 1. The van der Waals surface area contributed by atoms with Gasteiger partial charge < -0.3 is 15.0 Å². The number of likely N-dealkylation sites (tertiary alicyclic amines) is 1. The lowest BCUT2D eigenvalue weighted by Gasteiger charge is -2.23. The van der Waals surface area contributed by atoms with Gasteiger partial charge in [0.2, 0.25) is 0 Å². The number of amides is 1. The molecule has 20 heavy (non-hydrogen) atoms. The number of carbonyl (C=O) groups excluding carboxylic acids is 1. The molecular weight excluding hydrogens is 320 g/mol. The van der Waals surface area contributed by atoms with E-state index in [9.17, 15) is 4.79 Å². The van der Waals surface area contributed by atoms with Crippen molar-refractivity contribution in [1.82, 2.24) is 10.2 Å². The smallest absolute Gasteiger partial charge is 0.263 e. The number of benzene rings is 1. The zero-order valence-electron chi connectivity index (χ0n) is 11.5. The van der Waals surface area contributed by atoms with Crippen LogP contribution in [0.3, 0.4) is 0 Å². The van der Waals surface area contributed by atoms with Gasteiger partial charge in [0, 0.05) is 26.2 Å². The third-order valence-electron chi connectivity index (χ3n) is 4.19. The highest BCUT2D eigenvalue weighted by Crippen LogP contribution is 2.28. The second-order valence-electron chi connectivity index (χ2n) is 5.61. The summed E-state index contributed by atoms with van der Waals surface area (Å²) in [6.45, 7) is 5.62. The van der Waals surface area contributed by atoms with E-state index >= 15 is 0 Å². The van der Waals surface area contributed by atoms with Crippen LogP contribution >= 0.6 is 15.9 Å². The first-order chi connectivity index (χ1) is 9.65. The Morgan fingerprint density at radius 1 is 1.35 bits per heavy atom. The van der Waals surface area contributed by atoms with Crippen molar-refractivity contribution in [2.24, 2.45) is 11.8 Å². The van der Waals surface area contributed by atoms with Gasteiger partial charge in [0.05, 0.1) is 4.47 Å². The predicted octanol–water partition coefficient (Wildman–Crippen LogP) is 1.89. The molecule has 0 spiro atoms. The molecule has 1 amide bonds. The standard InChI is InChI=1S/C15H19BrN2O2/c1-10(20-14-5-3-2-4-13(14)16)15(19)18-8-11-6-17-7-12(11)9-18/h2-5,10-12,17H,6-9H2,1H3/t10?,11-,12+. The van der Waals surface area contributed by atoms with E-state index in [2.05, 4.69) is 21.2 Å². The van der Waals surface area contributed by atoms with Gasteiger partial charge in [0.1, 0.15) is 5.75 Å². The number of hydrogen-bond donors (Lipinski definition) is 1. The third-order valence-corrected chi connectivity index (χ3v) is 4.84. The van der Waals surface area contributed by atoms with Crippen LogP contribution in [0.5, 0.6) is 5.75 Å². The molecule has 0 bridgehead atoms. The quantitative estimate of drug-likeness (QED) is 0.915. The number of rotatable bonds is 3. The van der Waals surface area contributed by atoms with Gasteiger partial charge in [0.15, 0.2) is 6.10 Å². The minimum atomic E-state index is -0.444. The highest BCUT2D eigenvalue weighted by molar-refractivity contribution is 9.10. The van der Waals surface area contributed by atoms with Crippen molar-refractivity contribution in [3.63, 3.8) is 0 Å². The van der Waals surface area contributed by atoms with Crippen LogP contribution in [0.2, 0.25) is 0 Å². The van der Waals surface area contributed by atoms with Crippen LogP contribution in [0.1, 0.15) is 6.92 Å². The molecule has 2 aliphatic rings. The molecule has 1 aromatic rings. The Balaban J connectivity index is 1.61. The van der Waals surface area contributed by atoms with Crippen LogP contribution in [0, 0.1) is 11.8 Å². The maximum atomic E-state index is 12.5. The molecule has 4 nitrogen and oxygen atoms in total. The van der Waals surface area contributed by atoms with E-state index in [0.29, 0.717) is 11.8 Å². The molecule has 1 N–H and O–H groups in total. The molecule has 2 fully saturated rings. The average molecular weight is 339 g/mol. The molecule has 0 radical (unpaired) electrons. The number of nitrogens with zero attached hydrogens (tertiary/aromatic N) is 1. The zero-order valence-corrected chi connectivity index (χ0v) is 13.1. The van der Waals surface area contributed by atoms with Crippen molar-refractivity contribution in [1.29, 1.82) is 0 Å². The summed E-state index contributed by atoms with van der Waals surface area (Å²) in [5, 5.41) is 3.38. The van der Waals surface area contributed by atoms with Crippen molar-refractivity contribution >= 4 is 21.8 Å². The molecule has 5 heteroatoms. The van der Waals surface area contributed by atoms with Gasteiger partial charge in [0.25, 0.3) is 5.91 Å². The summed E-state index contributed by atoms with van der Waals surface area (Å²) in [5.74, 6) is 2.05. The second kappa shape index (κ2) is 5.74. The molecule has 1 unspecified atom stereocenters. The Morgan fingerprint density at radius 3 is 2.65 bits per heavy atom. The van der Waals surface area contributed by atoms with Crippen molar-refractivity contribution in [3.05, 3.63) is 28.7 Å². The van der Waals surface area contributed by atoms with Crippen LogP contribution in [0.4, 0.5) is 0 Å². The van der Waals surface area contributed by atoms with Gasteiger partial charge in [-0.1, -0.05) is 12.1 Å². The molecule has 1 aromatic carbocycles. The molecule has 0 saturated carbocycles. The van der Waals surface area contributed by atoms with Gasteiger partial charge in [-0.2, -0.15) is 0 Å². The van der Waals surface area contributed by atoms with E-state index in [0.717, 1.165) is 36.4 Å². The lowest BCUT2D eigenvalue weighted by molar-refractivity contribution is -0.137. The first kappa shape index (κ1) is 13.9. The van der Waals surface area contributed by atoms with Gasteiger partial charge in [-0.05, 0) is 46.8 Å². The number of carbonyl (C=O) groups is 1. The number of hydrogen-bond acceptors (Lipinski definition) is 3. The highest BCUT2D eigenvalue weighted by atomic mass is 79.9. The average Bonchev–Trinajstić information content (AvgIpc) is 3.01. The minimum Gasteiger partial charge on any atom is -0.480 e. The van der Waals surface area contributed by atoms with E-state index in [1.165, 1.54) is 0 Å². The van der Waals surface area contributed by atoms with Gasteiger partial charge in [-0.15, -0.1) is 0 Å². The largest absolute Gasteiger partial charge is 0.480 e. The van der Waals surface area contributed by atoms with E-state index in [-0.39, 0.29) is 5.91 Å². The number of fused-ring (bicyclic) bond motifs is 1. The Hall–Kier alpha value is -1.07. The SMILES string of the molecule is CC(Oc1ccccc1Br)C(=O)N1C[C@H]2CNC[C@H]2C1. The van der Waals surface area contributed by atoms with Crippen LogP contribution in [-0.2, 0) is 4.79 Å². The predicted molar refractivity (Wildman–Crippen MR) is 80.7 cm³/mol. The first-order valence-electron chi connectivity index (χ1n) is 7.06. The fourth-order valence-electron chi connectivity index (χ4n) is 3.07. The van der Waals surface area contributed by atoms with Crippen LogP contribution in [0.25, 0.3) is 0 Å². The summed E-state index contributed by atoms with van der Waals surface area (Å²) in [4.78, 5) is 14.4. The molecular formula is C15H19BrN2O2. The number of para-hydroxylation sites is 1. The van der Waals surface area contributed by atoms with Crippen LogP contribution < -0.4 is 10.1 Å². The van der Waals surface area contributed by atoms with E-state index < -0.39 is 6.10 Å². The topological polar surface area (TPSA) is 41.6 Å². The summed E-state index contributed by atoms with van der Waals surface area (Å²) in [6.07, 6.45) is -0.444. The van der Waals surface area contributed by atoms with E-state index in [1.54, 1.807) is 0 Å². The van der Waals surface area contributed by atoms with Gasteiger partial charge in [-0.25, -0.2) is 0 Å². The summed E-state index contributed by atoms with van der Waals surface area (Å²) in [6, 6.07) is 7.62. The lowest BCUT2D eigenvalue weighted by atomic mass is 10.0. The molecule has 3 rings (SSSR count). The monoisotopic (exact) mass is 338 g/mol. The number of ether oxygens (including phenoxy) is 1. The summed E-state index contributed by atoms with van der Waals surface area (Å²) in [5.41, 5.74) is 0. The Bertz CT molecular complexity index is 496. The van der Waals surface area contributed by atoms with Crippen molar-refractivity contribution < 1.29 is 9.53 Å².